The van der Waals surface area contributed by atoms with Crippen molar-refractivity contribution < 1.29 is 9.53 Å². The molecule has 110 valence electrons. The number of nitrogens with one attached hydrogen (secondary N) is 1. The second-order valence-electron chi connectivity index (χ2n) is 4.97. The number of likely N-dealkylation sites (tertiary alicyclic amines) is 1. The first-order valence-electron chi connectivity index (χ1n) is 7.08. The number of carbonyl (C=O) groups excluding carboxylic acids is 1. The van der Waals surface area contributed by atoms with Crippen LogP contribution in [0.25, 0.3) is 0 Å². The average molecular weight is 297 g/mol. The van der Waals surface area contributed by atoms with E-state index in [4.69, 9.17) is 16.3 Å². The SMILES string of the molecule is CCN1CCC[C@H]1CNC(=O)COc1ccc(Cl)cc1. The maximum absolute atomic E-state index is 11.8. The van der Waals surface area contributed by atoms with Crippen LogP contribution in [0, 0.1) is 0 Å². The first kappa shape index (κ1) is 15.1. The maximum Gasteiger partial charge on any atom is 0.257 e. The van der Waals surface area contributed by atoms with Crippen molar-refractivity contribution in [3.05, 3.63) is 29.3 Å². The van der Waals surface area contributed by atoms with Crippen LogP contribution in [-0.4, -0.2) is 43.1 Å². The summed E-state index contributed by atoms with van der Waals surface area (Å²) in [4.78, 5) is 14.2. The summed E-state index contributed by atoms with van der Waals surface area (Å²) in [5.41, 5.74) is 0. The molecule has 1 saturated heterocycles. The van der Waals surface area contributed by atoms with Crippen LogP contribution in [0.3, 0.4) is 0 Å². The number of amides is 1. The summed E-state index contributed by atoms with van der Waals surface area (Å²) < 4.78 is 5.41. The molecule has 1 aromatic rings. The molecule has 1 atom stereocenters. The highest BCUT2D eigenvalue weighted by molar-refractivity contribution is 6.30. The van der Waals surface area contributed by atoms with Crippen molar-refractivity contribution in [3.63, 3.8) is 0 Å². The lowest BCUT2D eigenvalue weighted by molar-refractivity contribution is -0.123. The number of nitrogens with zero attached hydrogens (tertiary/aromatic N) is 1. The van der Waals surface area contributed by atoms with E-state index in [2.05, 4.69) is 17.1 Å². The summed E-state index contributed by atoms with van der Waals surface area (Å²) in [6, 6.07) is 7.47. The lowest BCUT2D eigenvalue weighted by Crippen LogP contribution is -2.41. The van der Waals surface area contributed by atoms with Gasteiger partial charge in [0, 0.05) is 17.6 Å². The third-order valence-electron chi connectivity index (χ3n) is 3.62. The molecule has 0 saturated carbocycles. The van der Waals surface area contributed by atoms with Crippen LogP contribution in [-0.2, 0) is 4.79 Å². The van der Waals surface area contributed by atoms with Crippen molar-refractivity contribution in [2.75, 3.05) is 26.2 Å². The molecule has 1 aliphatic heterocycles. The molecule has 5 heteroatoms. The lowest BCUT2D eigenvalue weighted by atomic mass is 10.2. The number of rotatable bonds is 6. The predicted molar refractivity (Wildman–Crippen MR) is 80.2 cm³/mol. The second kappa shape index (κ2) is 7.50. The molecule has 0 spiro atoms. The van der Waals surface area contributed by atoms with E-state index in [-0.39, 0.29) is 12.5 Å². The van der Waals surface area contributed by atoms with E-state index in [9.17, 15) is 4.79 Å². The van der Waals surface area contributed by atoms with Crippen LogP contribution in [0.1, 0.15) is 19.8 Å². The highest BCUT2D eigenvalue weighted by atomic mass is 35.5. The summed E-state index contributed by atoms with van der Waals surface area (Å²) in [6.07, 6.45) is 2.38. The van der Waals surface area contributed by atoms with E-state index in [0.717, 1.165) is 19.5 Å². The zero-order valence-corrected chi connectivity index (χ0v) is 12.5. The summed E-state index contributed by atoms with van der Waals surface area (Å²) in [5.74, 6) is 0.573. The zero-order chi connectivity index (χ0) is 14.4. The Bertz CT molecular complexity index is 436. The molecule has 1 aromatic carbocycles. The summed E-state index contributed by atoms with van der Waals surface area (Å²) >= 11 is 5.78. The van der Waals surface area contributed by atoms with Gasteiger partial charge in [-0.3, -0.25) is 9.69 Å². The minimum Gasteiger partial charge on any atom is -0.484 e. The number of hydrogen-bond acceptors (Lipinski definition) is 3. The van der Waals surface area contributed by atoms with Crippen molar-refractivity contribution in [3.8, 4) is 5.75 Å². The van der Waals surface area contributed by atoms with Crippen molar-refractivity contribution in [2.24, 2.45) is 0 Å². The minimum atomic E-state index is -0.0806. The summed E-state index contributed by atoms with van der Waals surface area (Å²) in [5, 5.41) is 3.59. The van der Waals surface area contributed by atoms with E-state index in [1.54, 1.807) is 24.3 Å². The van der Waals surface area contributed by atoms with Gasteiger partial charge in [0.1, 0.15) is 5.75 Å². The molecule has 1 heterocycles. The van der Waals surface area contributed by atoms with Gasteiger partial charge in [-0.25, -0.2) is 0 Å². The fraction of sp³-hybridized carbons (Fsp3) is 0.533. The van der Waals surface area contributed by atoms with E-state index in [0.29, 0.717) is 23.4 Å². The minimum absolute atomic E-state index is 0.0421. The second-order valence-corrected chi connectivity index (χ2v) is 5.41. The molecule has 0 radical (unpaired) electrons. The van der Waals surface area contributed by atoms with Gasteiger partial charge in [0.25, 0.3) is 5.91 Å². The van der Waals surface area contributed by atoms with Crippen LogP contribution in [0.4, 0.5) is 0 Å². The topological polar surface area (TPSA) is 41.6 Å². The van der Waals surface area contributed by atoms with Gasteiger partial charge in [-0.15, -0.1) is 0 Å². The molecule has 0 unspecified atom stereocenters. The number of hydrogen-bond donors (Lipinski definition) is 1. The van der Waals surface area contributed by atoms with Gasteiger partial charge in [-0.05, 0) is 50.2 Å². The smallest absolute Gasteiger partial charge is 0.257 e. The lowest BCUT2D eigenvalue weighted by Gasteiger charge is -2.22. The standard InChI is InChI=1S/C15H21ClN2O2/c1-2-18-9-3-4-13(18)10-17-15(19)11-20-14-7-5-12(16)6-8-14/h5-8,13H,2-4,9-11H2,1H3,(H,17,19)/t13-/m0/s1. The highest BCUT2D eigenvalue weighted by Crippen LogP contribution is 2.16. The molecule has 0 aromatic heterocycles. The normalized spacial score (nSPS) is 19.0. The molecule has 1 N–H and O–H groups in total. The fourth-order valence-corrected chi connectivity index (χ4v) is 2.63. The number of ether oxygens (including phenoxy) is 1. The van der Waals surface area contributed by atoms with Crippen LogP contribution in [0.2, 0.25) is 5.02 Å². The van der Waals surface area contributed by atoms with Gasteiger partial charge in [-0.1, -0.05) is 18.5 Å². The predicted octanol–water partition coefficient (Wildman–Crippen LogP) is 2.32. The Morgan fingerprint density at radius 1 is 1.45 bits per heavy atom. The average Bonchev–Trinajstić information content (AvgIpc) is 2.92. The van der Waals surface area contributed by atoms with Crippen molar-refractivity contribution in [2.45, 2.75) is 25.8 Å². The molecule has 0 aliphatic carbocycles. The fourth-order valence-electron chi connectivity index (χ4n) is 2.51. The van der Waals surface area contributed by atoms with Crippen LogP contribution < -0.4 is 10.1 Å². The number of benzene rings is 1. The molecule has 4 nitrogen and oxygen atoms in total. The molecule has 1 fully saturated rings. The Kier molecular flexibility index (Phi) is 5.68. The number of carbonyl (C=O) groups is 1. The molecular formula is C15H21ClN2O2. The molecular weight excluding hydrogens is 276 g/mol. The Hall–Kier alpha value is -1.26. The molecule has 20 heavy (non-hydrogen) atoms. The number of halogens is 1. The van der Waals surface area contributed by atoms with Gasteiger partial charge < -0.3 is 10.1 Å². The maximum atomic E-state index is 11.8. The van der Waals surface area contributed by atoms with E-state index in [1.165, 1.54) is 6.42 Å². The largest absolute Gasteiger partial charge is 0.484 e. The van der Waals surface area contributed by atoms with E-state index < -0.39 is 0 Å². The van der Waals surface area contributed by atoms with Crippen LogP contribution in [0.5, 0.6) is 5.75 Å². The third kappa shape index (κ3) is 4.39. The third-order valence-corrected chi connectivity index (χ3v) is 3.88. The quantitative estimate of drug-likeness (QED) is 0.876. The molecule has 1 amide bonds. The summed E-state index contributed by atoms with van der Waals surface area (Å²) in [7, 11) is 0. The number of likely N-dealkylation sites (N-methyl/N-ethyl adjacent to an activating group) is 1. The van der Waals surface area contributed by atoms with Gasteiger partial charge in [0.2, 0.25) is 0 Å². The molecule has 1 aliphatic rings. The van der Waals surface area contributed by atoms with Crippen LogP contribution >= 0.6 is 11.6 Å². The van der Waals surface area contributed by atoms with Crippen molar-refractivity contribution in [1.82, 2.24) is 10.2 Å². The van der Waals surface area contributed by atoms with Gasteiger partial charge in [0.05, 0.1) is 0 Å². The van der Waals surface area contributed by atoms with Crippen LogP contribution in [0.15, 0.2) is 24.3 Å². The first-order valence-corrected chi connectivity index (χ1v) is 7.46. The van der Waals surface area contributed by atoms with Gasteiger partial charge in [0.15, 0.2) is 6.61 Å². The Balaban J connectivity index is 1.69. The van der Waals surface area contributed by atoms with Gasteiger partial charge >= 0.3 is 0 Å². The Morgan fingerprint density at radius 3 is 2.90 bits per heavy atom. The molecule has 2 rings (SSSR count). The first-order chi connectivity index (χ1) is 9.69. The zero-order valence-electron chi connectivity index (χ0n) is 11.8. The van der Waals surface area contributed by atoms with E-state index >= 15 is 0 Å². The highest BCUT2D eigenvalue weighted by Gasteiger charge is 2.23. The Morgan fingerprint density at radius 2 is 2.20 bits per heavy atom. The van der Waals surface area contributed by atoms with E-state index in [1.807, 2.05) is 0 Å². The van der Waals surface area contributed by atoms with Crippen molar-refractivity contribution >= 4 is 17.5 Å². The monoisotopic (exact) mass is 296 g/mol. The van der Waals surface area contributed by atoms with Crippen molar-refractivity contribution in [1.29, 1.82) is 0 Å². The Labute approximate surface area is 125 Å². The van der Waals surface area contributed by atoms with Gasteiger partial charge in [-0.2, -0.15) is 0 Å². The molecule has 0 bridgehead atoms. The summed E-state index contributed by atoms with van der Waals surface area (Å²) in [6.45, 7) is 5.08.